The molecule has 0 radical (unpaired) electrons. The summed E-state index contributed by atoms with van der Waals surface area (Å²) in [5, 5.41) is 11.5. The van der Waals surface area contributed by atoms with Crippen molar-refractivity contribution in [3.8, 4) is 10.4 Å². The monoisotopic (exact) mass is 259 g/mol. The first kappa shape index (κ1) is 10.6. The zero-order valence-electron chi connectivity index (χ0n) is 7.65. The molecule has 6 heteroatoms. The quantitative estimate of drug-likeness (QED) is 0.898. The molecule has 0 saturated carbocycles. The highest BCUT2D eigenvalue weighted by atomic mass is 35.5. The Kier molecular flexibility index (Phi) is 2.77. The number of nitrogens with zero attached hydrogens (tertiary/aromatic N) is 1. The molecule has 2 heterocycles. The summed E-state index contributed by atoms with van der Waals surface area (Å²) < 4.78 is 0.598. The molecular weight excluding hydrogens is 254 g/mol. The lowest BCUT2D eigenvalue weighted by molar-refractivity contribution is 0.0692. The average Bonchev–Trinajstić information content (AvgIpc) is 2.71. The van der Waals surface area contributed by atoms with Crippen LogP contribution in [0.3, 0.4) is 0 Å². The van der Waals surface area contributed by atoms with E-state index in [4.69, 9.17) is 16.7 Å². The van der Waals surface area contributed by atoms with Gasteiger partial charge in [0, 0.05) is 5.56 Å². The van der Waals surface area contributed by atoms with Crippen molar-refractivity contribution in [2.75, 3.05) is 0 Å². The van der Waals surface area contributed by atoms with Crippen molar-refractivity contribution >= 4 is 40.2 Å². The lowest BCUT2D eigenvalue weighted by atomic mass is 10.2. The average molecular weight is 260 g/mol. The van der Waals surface area contributed by atoms with Crippen LogP contribution in [0.5, 0.6) is 0 Å². The fourth-order valence-electron chi connectivity index (χ4n) is 1.21. The Hall–Kier alpha value is -0.910. The molecule has 0 aliphatic rings. The van der Waals surface area contributed by atoms with Gasteiger partial charge in [-0.15, -0.1) is 22.7 Å². The van der Waals surface area contributed by atoms with E-state index in [9.17, 15) is 4.79 Å². The van der Waals surface area contributed by atoms with E-state index in [1.807, 2.05) is 11.4 Å². The van der Waals surface area contributed by atoms with Crippen molar-refractivity contribution < 1.29 is 9.90 Å². The van der Waals surface area contributed by atoms with E-state index in [2.05, 4.69) is 4.98 Å². The zero-order chi connectivity index (χ0) is 11.0. The summed E-state index contributed by atoms with van der Waals surface area (Å²) in [7, 11) is 0. The Labute approximate surface area is 99.0 Å². The number of aromatic carboxylic acids is 1. The number of carbonyl (C=O) groups is 1. The number of halogens is 1. The maximum atomic E-state index is 10.9. The maximum absolute atomic E-state index is 10.9. The van der Waals surface area contributed by atoms with Gasteiger partial charge in [0.25, 0.3) is 0 Å². The van der Waals surface area contributed by atoms with Gasteiger partial charge in [-0.25, -0.2) is 9.78 Å². The van der Waals surface area contributed by atoms with Crippen LogP contribution in [0.15, 0.2) is 11.4 Å². The summed E-state index contributed by atoms with van der Waals surface area (Å²) in [6.07, 6.45) is 0. The Balaban J connectivity index is 2.62. The second-order valence-electron chi connectivity index (χ2n) is 2.82. The second-order valence-corrected chi connectivity index (χ2v) is 5.55. The molecule has 0 aliphatic heterocycles. The van der Waals surface area contributed by atoms with Crippen LogP contribution in [-0.4, -0.2) is 16.1 Å². The number of thiophene rings is 1. The lowest BCUT2D eigenvalue weighted by Gasteiger charge is -1.95. The summed E-state index contributed by atoms with van der Waals surface area (Å²) in [5.41, 5.74) is 0.836. The van der Waals surface area contributed by atoms with Gasteiger partial charge in [0.05, 0.1) is 9.88 Å². The molecule has 15 heavy (non-hydrogen) atoms. The van der Waals surface area contributed by atoms with E-state index in [1.165, 1.54) is 22.7 Å². The van der Waals surface area contributed by atoms with Crippen LogP contribution in [0.1, 0.15) is 15.5 Å². The number of carboxylic acids is 1. The molecule has 0 aromatic carbocycles. The summed E-state index contributed by atoms with van der Waals surface area (Å²) in [4.78, 5) is 15.5. The number of rotatable bonds is 2. The highest BCUT2D eigenvalue weighted by molar-refractivity contribution is 7.18. The van der Waals surface area contributed by atoms with Gasteiger partial charge < -0.3 is 5.11 Å². The largest absolute Gasteiger partial charge is 0.476 e. The molecule has 0 aliphatic carbocycles. The molecule has 78 valence electrons. The minimum absolute atomic E-state index is 0.0813. The summed E-state index contributed by atoms with van der Waals surface area (Å²) >= 11 is 8.69. The van der Waals surface area contributed by atoms with Gasteiger partial charge in [-0.1, -0.05) is 11.6 Å². The second kappa shape index (κ2) is 3.92. The molecule has 0 unspecified atom stereocenters. The van der Waals surface area contributed by atoms with E-state index < -0.39 is 5.97 Å². The topological polar surface area (TPSA) is 50.2 Å². The first-order chi connectivity index (χ1) is 7.09. The van der Waals surface area contributed by atoms with Crippen LogP contribution in [-0.2, 0) is 0 Å². The minimum Gasteiger partial charge on any atom is -0.476 e. The standard InChI is InChI=1S/C9H6ClNO2S2/c1-4-11-6(9(12)13)7(15-4)5-2-3-14-8(5)10/h2-3H,1H3,(H,12,13). The van der Waals surface area contributed by atoms with E-state index in [-0.39, 0.29) is 5.69 Å². The molecule has 3 nitrogen and oxygen atoms in total. The minimum atomic E-state index is -1.02. The molecular formula is C9H6ClNO2S2. The van der Waals surface area contributed by atoms with Crippen molar-refractivity contribution in [3.05, 3.63) is 26.5 Å². The fourth-order valence-corrected chi connectivity index (χ4v) is 3.21. The summed E-state index contributed by atoms with van der Waals surface area (Å²) in [5.74, 6) is -1.02. The lowest BCUT2D eigenvalue weighted by Crippen LogP contribution is -1.98. The summed E-state index contributed by atoms with van der Waals surface area (Å²) in [6, 6.07) is 1.81. The van der Waals surface area contributed by atoms with Crippen LogP contribution < -0.4 is 0 Å². The highest BCUT2D eigenvalue weighted by Crippen LogP contribution is 2.37. The zero-order valence-corrected chi connectivity index (χ0v) is 10.0. The molecule has 0 fully saturated rings. The predicted octanol–water partition coefficient (Wildman–Crippen LogP) is 3.53. The molecule has 2 aromatic heterocycles. The van der Waals surface area contributed by atoms with Crippen molar-refractivity contribution in [1.29, 1.82) is 0 Å². The number of hydrogen-bond acceptors (Lipinski definition) is 4. The van der Waals surface area contributed by atoms with E-state index in [1.54, 1.807) is 6.92 Å². The number of aromatic nitrogens is 1. The summed E-state index contributed by atoms with van der Waals surface area (Å²) in [6.45, 7) is 1.78. The molecule has 1 N–H and O–H groups in total. The smallest absolute Gasteiger partial charge is 0.356 e. The van der Waals surface area contributed by atoms with Crippen molar-refractivity contribution in [2.45, 2.75) is 6.92 Å². The van der Waals surface area contributed by atoms with Gasteiger partial charge in [-0.3, -0.25) is 0 Å². The van der Waals surface area contributed by atoms with E-state index in [0.29, 0.717) is 9.21 Å². The third kappa shape index (κ3) is 1.90. The molecule has 0 bridgehead atoms. The predicted molar refractivity (Wildman–Crippen MR) is 62.1 cm³/mol. The van der Waals surface area contributed by atoms with Gasteiger partial charge in [-0.05, 0) is 18.4 Å². The van der Waals surface area contributed by atoms with Gasteiger partial charge >= 0.3 is 5.97 Å². The normalized spacial score (nSPS) is 10.5. The number of aryl methyl sites for hydroxylation is 1. The number of thiazole rings is 1. The SMILES string of the molecule is Cc1nc(C(=O)O)c(-c2ccsc2Cl)s1. The first-order valence-electron chi connectivity index (χ1n) is 4.03. The molecule has 0 atom stereocenters. The van der Waals surface area contributed by atoms with Crippen LogP contribution in [0.2, 0.25) is 4.34 Å². The highest BCUT2D eigenvalue weighted by Gasteiger charge is 2.19. The first-order valence-corrected chi connectivity index (χ1v) is 6.11. The van der Waals surface area contributed by atoms with E-state index >= 15 is 0 Å². The molecule has 0 saturated heterocycles. The fraction of sp³-hybridized carbons (Fsp3) is 0.111. The van der Waals surface area contributed by atoms with Crippen molar-refractivity contribution in [1.82, 2.24) is 4.98 Å². The third-order valence-corrected chi connectivity index (χ3v) is 3.97. The third-order valence-electron chi connectivity index (χ3n) is 1.80. The molecule has 2 aromatic rings. The molecule has 0 amide bonds. The van der Waals surface area contributed by atoms with E-state index in [0.717, 1.165) is 10.6 Å². The van der Waals surface area contributed by atoms with Gasteiger partial charge in [0.15, 0.2) is 5.69 Å². The van der Waals surface area contributed by atoms with Crippen LogP contribution in [0.4, 0.5) is 0 Å². The Morgan fingerprint density at radius 1 is 1.60 bits per heavy atom. The number of carboxylic acid groups (broad SMARTS) is 1. The molecule has 0 spiro atoms. The Bertz CT molecular complexity index is 518. The van der Waals surface area contributed by atoms with Crippen LogP contribution in [0.25, 0.3) is 10.4 Å². The van der Waals surface area contributed by atoms with Gasteiger partial charge in [-0.2, -0.15) is 0 Å². The Morgan fingerprint density at radius 3 is 2.87 bits per heavy atom. The van der Waals surface area contributed by atoms with Gasteiger partial charge in [0.2, 0.25) is 0 Å². The Morgan fingerprint density at radius 2 is 2.33 bits per heavy atom. The van der Waals surface area contributed by atoms with Crippen LogP contribution in [0, 0.1) is 6.92 Å². The van der Waals surface area contributed by atoms with Crippen molar-refractivity contribution in [3.63, 3.8) is 0 Å². The van der Waals surface area contributed by atoms with Crippen LogP contribution >= 0.6 is 34.3 Å². The maximum Gasteiger partial charge on any atom is 0.356 e. The molecule has 2 rings (SSSR count). The van der Waals surface area contributed by atoms with Gasteiger partial charge in [0.1, 0.15) is 4.34 Å². The number of hydrogen-bond donors (Lipinski definition) is 1. The van der Waals surface area contributed by atoms with Crippen molar-refractivity contribution in [2.24, 2.45) is 0 Å².